The summed E-state index contributed by atoms with van der Waals surface area (Å²) in [5, 5.41) is 37.4. The summed E-state index contributed by atoms with van der Waals surface area (Å²) in [5.41, 5.74) is 7.67. The first kappa shape index (κ1) is 32.4. The van der Waals surface area contributed by atoms with Crippen molar-refractivity contribution in [3.8, 4) is 17.2 Å². The van der Waals surface area contributed by atoms with Crippen LogP contribution in [0.5, 0.6) is 0 Å². The van der Waals surface area contributed by atoms with Crippen LogP contribution in [0.4, 0.5) is 11.4 Å². The van der Waals surface area contributed by atoms with Gasteiger partial charge in [-0.3, -0.25) is 19.5 Å². The molecule has 0 unspecified atom stereocenters. The minimum atomic E-state index is -0.417. The Morgan fingerprint density at radius 3 is 2.41 bits per heavy atom. The molecule has 0 radical (unpaired) electrons. The highest BCUT2D eigenvalue weighted by Gasteiger charge is 2.23. The Labute approximate surface area is 267 Å². The Hall–Kier alpha value is -4.99. The minimum Gasteiger partial charge on any atom is -0.395 e. The van der Waals surface area contributed by atoms with Crippen LogP contribution in [-0.4, -0.2) is 69.7 Å². The third-order valence-corrected chi connectivity index (χ3v) is 8.10. The number of nitriles is 1. The molecule has 4 aromatic rings. The first-order valence-corrected chi connectivity index (χ1v) is 15.2. The summed E-state index contributed by atoms with van der Waals surface area (Å²) < 4.78 is 0. The average Bonchev–Trinajstić information content (AvgIpc) is 3.06. The molecule has 2 amide bonds. The van der Waals surface area contributed by atoms with Gasteiger partial charge in [-0.1, -0.05) is 30.3 Å². The molecule has 0 spiro atoms. The second-order valence-electron chi connectivity index (χ2n) is 11.2. The highest BCUT2D eigenvalue weighted by atomic mass is 16.3. The van der Waals surface area contributed by atoms with Crippen molar-refractivity contribution in [3.63, 3.8) is 0 Å². The minimum absolute atomic E-state index is 0.0415. The van der Waals surface area contributed by atoms with Crippen molar-refractivity contribution >= 4 is 23.2 Å². The van der Waals surface area contributed by atoms with Gasteiger partial charge in [0, 0.05) is 50.2 Å². The van der Waals surface area contributed by atoms with Crippen molar-refractivity contribution < 1.29 is 19.8 Å². The fourth-order valence-corrected chi connectivity index (χ4v) is 5.66. The van der Waals surface area contributed by atoms with E-state index in [2.05, 4.69) is 36.9 Å². The third-order valence-electron chi connectivity index (χ3n) is 8.10. The number of anilines is 2. The van der Waals surface area contributed by atoms with Gasteiger partial charge in [0.05, 0.1) is 30.2 Å². The van der Waals surface area contributed by atoms with E-state index in [9.17, 15) is 20.0 Å². The van der Waals surface area contributed by atoms with Crippen LogP contribution in [0.15, 0.2) is 60.8 Å². The zero-order chi connectivity index (χ0) is 32.6. The van der Waals surface area contributed by atoms with Crippen molar-refractivity contribution in [1.29, 1.82) is 5.26 Å². The Balaban J connectivity index is 1.36. The van der Waals surface area contributed by atoms with Gasteiger partial charge in [-0.25, -0.2) is 4.98 Å². The van der Waals surface area contributed by atoms with Crippen molar-refractivity contribution in [1.82, 2.24) is 20.2 Å². The summed E-state index contributed by atoms with van der Waals surface area (Å²) >= 11 is 0. The fourth-order valence-electron chi connectivity index (χ4n) is 5.66. The van der Waals surface area contributed by atoms with Crippen molar-refractivity contribution in [2.75, 3.05) is 43.5 Å². The lowest BCUT2D eigenvalue weighted by atomic mass is 9.94. The van der Waals surface area contributed by atoms with Gasteiger partial charge in [0.25, 0.3) is 11.8 Å². The molecule has 11 heteroatoms. The van der Waals surface area contributed by atoms with Crippen LogP contribution in [0.3, 0.4) is 0 Å². The highest BCUT2D eigenvalue weighted by Crippen LogP contribution is 2.34. The summed E-state index contributed by atoms with van der Waals surface area (Å²) in [6.45, 7) is 6.88. The topological polar surface area (TPSA) is 164 Å². The number of aliphatic hydroxyl groups is 2. The molecule has 0 saturated heterocycles. The van der Waals surface area contributed by atoms with E-state index < -0.39 is 5.91 Å². The fraction of sp³-hybridized carbons (Fsp3) is 0.286. The maximum absolute atomic E-state index is 13.4. The van der Waals surface area contributed by atoms with Crippen molar-refractivity contribution in [2.24, 2.45) is 0 Å². The Morgan fingerprint density at radius 2 is 1.70 bits per heavy atom. The quantitative estimate of drug-likeness (QED) is 0.158. The van der Waals surface area contributed by atoms with E-state index in [1.54, 1.807) is 42.6 Å². The normalized spacial score (nSPS) is 12.7. The molecule has 3 heterocycles. The van der Waals surface area contributed by atoms with E-state index in [4.69, 9.17) is 5.11 Å². The number of carbonyl (C=O) groups is 2. The molecule has 1 aliphatic rings. The molecule has 0 saturated carbocycles. The maximum Gasteiger partial charge on any atom is 0.274 e. The van der Waals surface area contributed by atoms with Crippen LogP contribution < -0.4 is 16.0 Å². The average molecular weight is 620 g/mol. The van der Waals surface area contributed by atoms with Gasteiger partial charge in [0.2, 0.25) is 0 Å². The number of rotatable bonds is 11. The number of amides is 2. The number of aryl methyl sites for hydroxylation is 1. The Morgan fingerprint density at radius 1 is 0.957 bits per heavy atom. The first-order chi connectivity index (χ1) is 22.3. The number of aromatic nitrogens is 2. The number of fused-ring (bicyclic) bond motifs is 1. The van der Waals surface area contributed by atoms with Crippen LogP contribution in [-0.2, 0) is 19.5 Å². The molecule has 11 nitrogen and oxygen atoms in total. The molecule has 0 fully saturated rings. The molecule has 46 heavy (non-hydrogen) atoms. The largest absolute Gasteiger partial charge is 0.395 e. The van der Waals surface area contributed by atoms with Crippen molar-refractivity contribution in [3.05, 3.63) is 106 Å². The summed E-state index contributed by atoms with van der Waals surface area (Å²) in [6, 6.07) is 18.2. The number of hydrogen-bond acceptors (Lipinski definition) is 9. The zero-order valence-corrected chi connectivity index (χ0v) is 25.9. The molecule has 5 rings (SSSR count). The maximum atomic E-state index is 13.4. The lowest BCUT2D eigenvalue weighted by Crippen LogP contribution is -2.34. The summed E-state index contributed by atoms with van der Waals surface area (Å²) in [4.78, 5) is 37.5. The van der Waals surface area contributed by atoms with Crippen LogP contribution >= 0.6 is 0 Å². The van der Waals surface area contributed by atoms with Gasteiger partial charge in [-0.2, -0.15) is 5.26 Å². The lowest BCUT2D eigenvalue weighted by Gasteiger charge is -2.28. The van der Waals surface area contributed by atoms with Crippen LogP contribution in [0.25, 0.3) is 11.1 Å². The predicted molar refractivity (Wildman–Crippen MR) is 175 cm³/mol. The number of hydrogen-bond donors (Lipinski definition) is 5. The van der Waals surface area contributed by atoms with Crippen LogP contribution in [0, 0.1) is 25.2 Å². The van der Waals surface area contributed by atoms with Gasteiger partial charge in [0.1, 0.15) is 17.5 Å². The SMILES string of the molecule is Cc1cc(C(=O)Nc2cccc(-c3cccc(NC(=O)c4ccc(CNCCO)cn4)c3C)c2C#N)nc2c1CCN(CCO)C2. The van der Waals surface area contributed by atoms with Gasteiger partial charge < -0.3 is 26.2 Å². The van der Waals surface area contributed by atoms with Crippen LogP contribution in [0.2, 0.25) is 0 Å². The second kappa shape index (κ2) is 14.9. The summed E-state index contributed by atoms with van der Waals surface area (Å²) in [5.74, 6) is -0.789. The summed E-state index contributed by atoms with van der Waals surface area (Å²) in [7, 11) is 0. The smallest absolute Gasteiger partial charge is 0.274 e. The molecule has 1 aliphatic heterocycles. The van der Waals surface area contributed by atoms with E-state index in [0.717, 1.165) is 46.5 Å². The molecular formula is C35H37N7O4. The van der Waals surface area contributed by atoms with E-state index in [1.165, 1.54) is 0 Å². The Bertz CT molecular complexity index is 1780. The van der Waals surface area contributed by atoms with Crippen LogP contribution in [0.1, 0.15) is 54.5 Å². The molecule has 2 aromatic heterocycles. The standard InChI is InChI=1S/C35H37N7O4/c1-22-17-32(39-33-21-42(14-16-44)13-11-25(22)33)35(46)41-30-8-4-6-27(28(30)18-36)26-5-3-7-29(23(26)2)40-34(45)31-10-9-24(20-38-31)19-37-12-15-43/h3-10,17,20,37,43-44H,11-16,19,21H2,1-2H3,(H,40,45)(H,41,46). The number of benzene rings is 2. The predicted octanol–water partition coefficient (Wildman–Crippen LogP) is 3.57. The van der Waals surface area contributed by atoms with Crippen molar-refractivity contribution in [2.45, 2.75) is 33.4 Å². The molecular weight excluding hydrogens is 582 g/mol. The number of pyridine rings is 2. The van der Waals surface area contributed by atoms with E-state index in [-0.39, 0.29) is 30.5 Å². The summed E-state index contributed by atoms with van der Waals surface area (Å²) in [6.07, 6.45) is 2.43. The monoisotopic (exact) mass is 619 g/mol. The second-order valence-corrected chi connectivity index (χ2v) is 11.2. The molecule has 0 bridgehead atoms. The molecule has 2 aromatic carbocycles. The van der Waals surface area contributed by atoms with E-state index in [1.807, 2.05) is 32.0 Å². The number of carbonyl (C=O) groups excluding carboxylic acids is 2. The number of nitrogens with one attached hydrogen (secondary N) is 3. The number of β-amino-alcohol motifs (C(OH)–C–C–N with tert-alkyl or cyclic N) is 1. The molecule has 0 aliphatic carbocycles. The van der Waals surface area contributed by atoms with Gasteiger partial charge in [0.15, 0.2) is 0 Å². The molecule has 0 atom stereocenters. The zero-order valence-electron chi connectivity index (χ0n) is 25.9. The van der Waals surface area contributed by atoms with E-state index in [0.29, 0.717) is 48.7 Å². The third kappa shape index (κ3) is 7.28. The number of aliphatic hydroxyl groups excluding tert-OH is 2. The van der Waals surface area contributed by atoms with E-state index >= 15 is 0 Å². The molecule has 5 N–H and O–H groups in total. The molecule has 236 valence electrons. The lowest BCUT2D eigenvalue weighted by molar-refractivity contribution is 0.101. The number of nitrogens with zero attached hydrogens (tertiary/aromatic N) is 4. The van der Waals surface area contributed by atoms with Gasteiger partial charge >= 0.3 is 0 Å². The van der Waals surface area contributed by atoms with Gasteiger partial charge in [-0.05, 0) is 72.4 Å². The first-order valence-electron chi connectivity index (χ1n) is 15.2. The van der Waals surface area contributed by atoms with Gasteiger partial charge in [-0.15, -0.1) is 0 Å². The highest BCUT2D eigenvalue weighted by molar-refractivity contribution is 6.05. The Kier molecular flexibility index (Phi) is 10.5.